The zero-order valence-corrected chi connectivity index (χ0v) is 11.4. The van der Waals surface area contributed by atoms with Crippen molar-refractivity contribution in [3.63, 3.8) is 0 Å². The number of ether oxygens (including phenoxy) is 2. The maximum Gasteiger partial charge on any atom is 0.573 e. The topological polar surface area (TPSA) is 44.5 Å². The molecule has 0 amide bonds. The molecule has 0 heterocycles. The summed E-state index contributed by atoms with van der Waals surface area (Å²) in [5, 5.41) is 0.379. The molecule has 0 radical (unpaired) electrons. The Kier molecular flexibility index (Phi) is 4.47. The van der Waals surface area contributed by atoms with Gasteiger partial charge in [-0.05, 0) is 24.3 Å². The summed E-state index contributed by atoms with van der Waals surface area (Å²) in [6.07, 6.45) is -4.78. The minimum atomic E-state index is -4.78. The third kappa shape index (κ3) is 4.46. The van der Waals surface area contributed by atoms with Crippen molar-refractivity contribution in [3.8, 4) is 11.5 Å². The molecule has 2 N–H and O–H groups in total. The average molecular weight is 318 g/mol. The Balaban J connectivity index is 2.13. The molecule has 2 aromatic rings. The SMILES string of the molecule is Nc1ccc(COc2ccccc2OC(F)(F)F)c(Cl)c1. The van der Waals surface area contributed by atoms with Gasteiger partial charge in [0.1, 0.15) is 6.61 Å². The van der Waals surface area contributed by atoms with Crippen LogP contribution in [0.1, 0.15) is 5.56 Å². The summed E-state index contributed by atoms with van der Waals surface area (Å²) in [4.78, 5) is 0. The van der Waals surface area contributed by atoms with E-state index in [0.29, 0.717) is 16.3 Å². The fourth-order valence-electron chi connectivity index (χ4n) is 1.61. The number of rotatable bonds is 4. The molecule has 0 saturated carbocycles. The number of halogens is 4. The lowest BCUT2D eigenvalue weighted by molar-refractivity contribution is -0.275. The number of anilines is 1. The molecule has 2 aromatic carbocycles. The second kappa shape index (κ2) is 6.13. The zero-order chi connectivity index (χ0) is 15.5. The van der Waals surface area contributed by atoms with E-state index in [2.05, 4.69) is 4.74 Å². The summed E-state index contributed by atoms with van der Waals surface area (Å²) in [5.74, 6) is -0.431. The standard InChI is InChI=1S/C14H11ClF3NO2/c15-11-7-10(19)6-5-9(11)8-20-12-3-1-2-4-13(12)21-14(16,17)18/h1-7H,8,19H2. The molecule has 0 atom stereocenters. The Morgan fingerprint density at radius 1 is 1.05 bits per heavy atom. The Bertz CT molecular complexity index is 632. The second-order valence-corrected chi connectivity index (χ2v) is 4.54. The molecule has 0 unspecified atom stereocenters. The van der Waals surface area contributed by atoms with Crippen LogP contribution < -0.4 is 15.2 Å². The molecule has 7 heteroatoms. The highest BCUT2D eigenvalue weighted by Gasteiger charge is 2.32. The lowest BCUT2D eigenvalue weighted by atomic mass is 10.2. The van der Waals surface area contributed by atoms with E-state index in [1.165, 1.54) is 18.2 Å². The molecule has 0 aliphatic rings. The van der Waals surface area contributed by atoms with E-state index < -0.39 is 12.1 Å². The summed E-state index contributed by atoms with van der Waals surface area (Å²) in [6, 6.07) is 10.3. The molecular formula is C14H11ClF3NO2. The number of alkyl halides is 3. The van der Waals surface area contributed by atoms with Crippen LogP contribution in [0, 0.1) is 0 Å². The maximum absolute atomic E-state index is 12.3. The van der Waals surface area contributed by atoms with Crippen LogP contribution >= 0.6 is 11.6 Å². The van der Waals surface area contributed by atoms with Crippen LogP contribution in [0.2, 0.25) is 5.02 Å². The fourth-order valence-corrected chi connectivity index (χ4v) is 1.86. The minimum absolute atomic E-state index is 0.00264. The molecule has 0 aromatic heterocycles. The van der Waals surface area contributed by atoms with Crippen LogP contribution in [0.4, 0.5) is 18.9 Å². The second-order valence-electron chi connectivity index (χ2n) is 4.13. The van der Waals surface area contributed by atoms with Gasteiger partial charge in [-0.25, -0.2) is 0 Å². The van der Waals surface area contributed by atoms with Crippen LogP contribution in [0.5, 0.6) is 11.5 Å². The first kappa shape index (κ1) is 15.3. The van der Waals surface area contributed by atoms with E-state index in [1.54, 1.807) is 24.3 Å². The summed E-state index contributed by atoms with van der Waals surface area (Å²) in [5.41, 5.74) is 6.65. The predicted octanol–water partition coefficient (Wildman–Crippen LogP) is 4.40. The van der Waals surface area contributed by atoms with Gasteiger partial charge >= 0.3 is 6.36 Å². The van der Waals surface area contributed by atoms with Crippen LogP contribution in [0.3, 0.4) is 0 Å². The van der Waals surface area contributed by atoms with Crippen LogP contribution in [0.25, 0.3) is 0 Å². The Morgan fingerprint density at radius 2 is 1.71 bits per heavy atom. The summed E-state index contributed by atoms with van der Waals surface area (Å²) in [7, 11) is 0. The lowest BCUT2D eigenvalue weighted by Gasteiger charge is -2.14. The highest BCUT2D eigenvalue weighted by Crippen LogP contribution is 2.32. The summed E-state index contributed by atoms with van der Waals surface area (Å²) in [6.45, 7) is -0.00264. The van der Waals surface area contributed by atoms with Crippen molar-refractivity contribution in [1.82, 2.24) is 0 Å². The first-order valence-electron chi connectivity index (χ1n) is 5.86. The van der Waals surface area contributed by atoms with Gasteiger partial charge in [-0.3, -0.25) is 0 Å². The monoisotopic (exact) mass is 317 g/mol. The summed E-state index contributed by atoms with van der Waals surface area (Å²) >= 11 is 5.97. The van der Waals surface area contributed by atoms with Gasteiger partial charge in [0.15, 0.2) is 11.5 Å². The lowest BCUT2D eigenvalue weighted by Crippen LogP contribution is -2.17. The van der Waals surface area contributed by atoms with E-state index in [1.807, 2.05) is 0 Å². The molecular weight excluding hydrogens is 307 g/mol. The number of nitrogen functional groups attached to an aromatic ring is 1. The van der Waals surface area contributed by atoms with Gasteiger partial charge in [0.25, 0.3) is 0 Å². The van der Waals surface area contributed by atoms with Gasteiger partial charge in [-0.2, -0.15) is 0 Å². The normalized spacial score (nSPS) is 11.2. The first-order valence-corrected chi connectivity index (χ1v) is 6.24. The van der Waals surface area contributed by atoms with E-state index >= 15 is 0 Å². The molecule has 112 valence electrons. The quantitative estimate of drug-likeness (QED) is 0.850. The third-order valence-corrected chi connectivity index (χ3v) is 2.89. The van der Waals surface area contributed by atoms with Gasteiger partial charge in [0.2, 0.25) is 0 Å². The highest BCUT2D eigenvalue weighted by molar-refractivity contribution is 6.31. The zero-order valence-electron chi connectivity index (χ0n) is 10.7. The molecule has 3 nitrogen and oxygen atoms in total. The van der Waals surface area contributed by atoms with Crippen LogP contribution in [-0.2, 0) is 6.61 Å². The first-order chi connectivity index (χ1) is 9.85. The van der Waals surface area contributed by atoms with Gasteiger partial charge in [0, 0.05) is 16.3 Å². The van der Waals surface area contributed by atoms with Crippen molar-refractivity contribution in [2.24, 2.45) is 0 Å². The molecule has 21 heavy (non-hydrogen) atoms. The van der Waals surface area contributed by atoms with Crippen molar-refractivity contribution >= 4 is 17.3 Å². The summed E-state index contributed by atoms with van der Waals surface area (Å²) < 4.78 is 46.1. The minimum Gasteiger partial charge on any atom is -0.485 e. The van der Waals surface area contributed by atoms with Crippen molar-refractivity contribution in [1.29, 1.82) is 0 Å². The van der Waals surface area contributed by atoms with E-state index in [-0.39, 0.29) is 12.4 Å². The Labute approximate surface area is 124 Å². The van der Waals surface area contributed by atoms with Gasteiger partial charge in [-0.15, -0.1) is 13.2 Å². The van der Waals surface area contributed by atoms with Gasteiger partial charge in [-0.1, -0.05) is 29.8 Å². The number of hydrogen-bond donors (Lipinski definition) is 1. The van der Waals surface area contributed by atoms with E-state index in [9.17, 15) is 13.2 Å². The average Bonchev–Trinajstić information content (AvgIpc) is 2.37. The molecule has 0 spiro atoms. The number of hydrogen-bond acceptors (Lipinski definition) is 3. The van der Waals surface area contributed by atoms with Crippen LogP contribution in [-0.4, -0.2) is 6.36 Å². The predicted molar refractivity (Wildman–Crippen MR) is 73.3 cm³/mol. The number of para-hydroxylation sites is 2. The smallest absolute Gasteiger partial charge is 0.485 e. The molecule has 0 fully saturated rings. The van der Waals surface area contributed by atoms with Gasteiger partial charge < -0.3 is 15.2 Å². The largest absolute Gasteiger partial charge is 0.573 e. The Hall–Kier alpha value is -2.08. The number of benzene rings is 2. The van der Waals surface area contributed by atoms with Crippen molar-refractivity contribution < 1.29 is 22.6 Å². The third-order valence-electron chi connectivity index (χ3n) is 2.54. The molecule has 0 bridgehead atoms. The van der Waals surface area contributed by atoms with Crippen LogP contribution in [0.15, 0.2) is 42.5 Å². The Morgan fingerprint density at radius 3 is 2.33 bits per heavy atom. The highest BCUT2D eigenvalue weighted by atomic mass is 35.5. The molecule has 0 saturated heterocycles. The molecule has 0 aliphatic carbocycles. The van der Waals surface area contributed by atoms with Crippen molar-refractivity contribution in [2.75, 3.05) is 5.73 Å². The van der Waals surface area contributed by atoms with E-state index in [4.69, 9.17) is 22.1 Å². The number of nitrogens with two attached hydrogens (primary N) is 1. The van der Waals surface area contributed by atoms with Gasteiger partial charge in [0.05, 0.1) is 0 Å². The molecule has 2 rings (SSSR count). The van der Waals surface area contributed by atoms with E-state index in [0.717, 1.165) is 0 Å². The van der Waals surface area contributed by atoms with Crippen molar-refractivity contribution in [2.45, 2.75) is 13.0 Å². The maximum atomic E-state index is 12.3. The van der Waals surface area contributed by atoms with Crippen molar-refractivity contribution in [3.05, 3.63) is 53.1 Å². The fraction of sp³-hybridized carbons (Fsp3) is 0.143. The molecule has 0 aliphatic heterocycles.